The van der Waals surface area contributed by atoms with Crippen LogP contribution in [0.25, 0.3) is 0 Å². The molecule has 0 fully saturated rings. The predicted octanol–water partition coefficient (Wildman–Crippen LogP) is 3.90. The molecule has 2 rings (SSSR count). The highest BCUT2D eigenvalue weighted by atomic mass is 35.5. The number of ether oxygens (including phenoxy) is 2. The van der Waals surface area contributed by atoms with E-state index in [-0.39, 0.29) is 6.09 Å². The van der Waals surface area contributed by atoms with Gasteiger partial charge in [0, 0.05) is 32.7 Å². The van der Waals surface area contributed by atoms with E-state index in [0.29, 0.717) is 35.5 Å². The molecule has 1 aromatic carbocycles. The Morgan fingerprint density at radius 2 is 1.88 bits per heavy atom. The summed E-state index contributed by atoms with van der Waals surface area (Å²) >= 11 is 11.6. The molecule has 1 heterocycles. The summed E-state index contributed by atoms with van der Waals surface area (Å²) in [6.07, 6.45) is 1.06. The molecule has 1 aliphatic heterocycles. The van der Waals surface area contributed by atoms with Crippen LogP contribution in [0.1, 0.15) is 31.9 Å². The lowest BCUT2D eigenvalue weighted by atomic mass is 10.0. The number of fused-ring (bicyclic) bond motifs is 1. The number of carbonyl (C=O) groups excluding carboxylic acids is 1. The number of hydrogen-bond donors (Lipinski definition) is 0. The lowest BCUT2D eigenvalue weighted by Crippen LogP contribution is -2.38. The number of rotatable bonds is 1. The van der Waals surface area contributed by atoms with E-state index in [2.05, 4.69) is 0 Å². The van der Waals surface area contributed by atoms with Crippen LogP contribution < -0.4 is 4.74 Å². The Labute approximate surface area is 159 Å². The van der Waals surface area contributed by atoms with Gasteiger partial charge in [-0.25, -0.2) is 4.79 Å². The number of benzene rings is 1. The highest BCUT2D eigenvalue weighted by Crippen LogP contribution is 2.34. The number of amides is 1. The summed E-state index contributed by atoms with van der Waals surface area (Å²) < 4.78 is 11.3. The molecule has 0 spiro atoms. The number of hydrogen-bond acceptors (Lipinski definition) is 4. The van der Waals surface area contributed by atoms with Gasteiger partial charge < -0.3 is 19.3 Å². The van der Waals surface area contributed by atoms with E-state index in [1.165, 1.54) is 0 Å². The third-order valence-electron chi connectivity index (χ3n) is 3.80. The number of thiocarbonyl (C=S) groups is 1. The smallest absolute Gasteiger partial charge is 0.410 e. The Morgan fingerprint density at radius 3 is 2.48 bits per heavy atom. The molecule has 1 aromatic rings. The Morgan fingerprint density at radius 1 is 1.24 bits per heavy atom. The molecule has 0 bridgehead atoms. The summed E-state index contributed by atoms with van der Waals surface area (Å²) in [6, 6.07) is 3.80. The van der Waals surface area contributed by atoms with E-state index in [1.54, 1.807) is 9.80 Å². The van der Waals surface area contributed by atoms with Crippen molar-refractivity contribution in [3.05, 3.63) is 28.3 Å². The second kappa shape index (κ2) is 7.79. The summed E-state index contributed by atoms with van der Waals surface area (Å²) in [5.41, 5.74) is 1.61. The van der Waals surface area contributed by atoms with Gasteiger partial charge in [0.15, 0.2) is 5.75 Å². The third kappa shape index (κ3) is 5.22. The normalized spacial score (nSPS) is 14.4. The SMILES string of the molecule is CN(C)C(=S)Oc1c(Cl)ccc2c1CCN(C(=O)OC(C)(C)C)CC2. The summed E-state index contributed by atoms with van der Waals surface area (Å²) in [6.45, 7) is 6.75. The van der Waals surface area contributed by atoms with E-state index >= 15 is 0 Å². The molecule has 0 unspecified atom stereocenters. The number of nitrogens with zero attached hydrogens (tertiary/aromatic N) is 2. The van der Waals surface area contributed by atoms with Gasteiger partial charge in [0.05, 0.1) is 5.02 Å². The van der Waals surface area contributed by atoms with Crippen molar-refractivity contribution >= 4 is 35.1 Å². The minimum atomic E-state index is -0.508. The first kappa shape index (κ1) is 19.8. The van der Waals surface area contributed by atoms with E-state index in [0.717, 1.165) is 17.5 Å². The van der Waals surface area contributed by atoms with Crippen LogP contribution in [0, 0.1) is 0 Å². The molecule has 7 heteroatoms. The molecular weight excluding hydrogens is 360 g/mol. The maximum Gasteiger partial charge on any atom is 0.410 e. The van der Waals surface area contributed by atoms with Gasteiger partial charge in [0.2, 0.25) is 0 Å². The van der Waals surface area contributed by atoms with Crippen molar-refractivity contribution in [3.63, 3.8) is 0 Å². The van der Waals surface area contributed by atoms with Gasteiger partial charge in [-0.1, -0.05) is 17.7 Å². The van der Waals surface area contributed by atoms with Crippen molar-refractivity contribution < 1.29 is 14.3 Å². The van der Waals surface area contributed by atoms with Gasteiger partial charge in [-0.05, 0) is 57.5 Å². The van der Waals surface area contributed by atoms with Crippen LogP contribution in [-0.4, -0.2) is 53.9 Å². The van der Waals surface area contributed by atoms with Crippen LogP contribution >= 0.6 is 23.8 Å². The summed E-state index contributed by atoms with van der Waals surface area (Å²) in [4.78, 5) is 15.8. The fourth-order valence-corrected chi connectivity index (χ4v) is 2.86. The summed E-state index contributed by atoms with van der Waals surface area (Å²) in [7, 11) is 3.64. The number of carbonyl (C=O) groups is 1. The van der Waals surface area contributed by atoms with Crippen molar-refractivity contribution in [1.29, 1.82) is 0 Å². The van der Waals surface area contributed by atoms with Crippen LogP contribution in [0.3, 0.4) is 0 Å². The lowest BCUT2D eigenvalue weighted by molar-refractivity contribution is 0.0258. The minimum Gasteiger partial charge on any atom is -0.444 e. The second-order valence-electron chi connectivity index (χ2n) is 7.24. The Bertz CT molecular complexity index is 671. The molecule has 5 nitrogen and oxygen atoms in total. The fraction of sp³-hybridized carbons (Fsp3) is 0.556. The van der Waals surface area contributed by atoms with Gasteiger partial charge >= 0.3 is 6.09 Å². The van der Waals surface area contributed by atoms with Crippen LogP contribution in [-0.2, 0) is 17.6 Å². The topological polar surface area (TPSA) is 42.0 Å². The molecule has 0 aliphatic carbocycles. The molecule has 0 N–H and O–H groups in total. The first-order chi connectivity index (χ1) is 11.6. The van der Waals surface area contributed by atoms with Crippen LogP contribution in [0.5, 0.6) is 5.75 Å². The highest BCUT2D eigenvalue weighted by Gasteiger charge is 2.26. The summed E-state index contributed by atoms with van der Waals surface area (Å²) in [5, 5.41) is 0.872. The Kier molecular flexibility index (Phi) is 6.16. The molecule has 0 saturated carbocycles. The van der Waals surface area contributed by atoms with Gasteiger partial charge in [-0.15, -0.1) is 0 Å². The van der Waals surface area contributed by atoms with E-state index in [9.17, 15) is 4.79 Å². The quantitative estimate of drug-likeness (QED) is 0.687. The first-order valence-electron chi connectivity index (χ1n) is 8.26. The average molecular weight is 385 g/mol. The van der Waals surface area contributed by atoms with Crippen molar-refractivity contribution in [2.45, 2.75) is 39.2 Å². The van der Waals surface area contributed by atoms with E-state index < -0.39 is 5.60 Å². The lowest BCUT2D eigenvalue weighted by Gasteiger charge is -2.26. The Hall–Kier alpha value is -1.53. The minimum absolute atomic E-state index is 0.294. The molecule has 138 valence electrons. The molecule has 0 atom stereocenters. The first-order valence-corrected chi connectivity index (χ1v) is 9.04. The fourth-order valence-electron chi connectivity index (χ4n) is 2.56. The third-order valence-corrected chi connectivity index (χ3v) is 4.54. The van der Waals surface area contributed by atoms with Crippen LogP contribution in [0.15, 0.2) is 12.1 Å². The molecule has 0 saturated heterocycles. The van der Waals surface area contributed by atoms with E-state index in [4.69, 9.17) is 33.3 Å². The average Bonchev–Trinajstić information content (AvgIpc) is 2.70. The maximum atomic E-state index is 12.4. The zero-order valence-electron chi connectivity index (χ0n) is 15.4. The van der Waals surface area contributed by atoms with Crippen molar-refractivity contribution in [2.75, 3.05) is 27.2 Å². The zero-order valence-corrected chi connectivity index (χ0v) is 17.0. The largest absolute Gasteiger partial charge is 0.444 e. The zero-order chi connectivity index (χ0) is 18.8. The summed E-state index contributed by atoms with van der Waals surface area (Å²) in [5.74, 6) is 0.587. The van der Waals surface area contributed by atoms with Gasteiger partial charge in [0.25, 0.3) is 5.17 Å². The van der Waals surface area contributed by atoms with Crippen molar-refractivity contribution in [1.82, 2.24) is 9.80 Å². The monoisotopic (exact) mass is 384 g/mol. The van der Waals surface area contributed by atoms with Gasteiger partial charge in [-0.2, -0.15) is 0 Å². The molecule has 25 heavy (non-hydrogen) atoms. The predicted molar refractivity (Wildman–Crippen MR) is 104 cm³/mol. The van der Waals surface area contributed by atoms with Crippen LogP contribution in [0.4, 0.5) is 4.79 Å². The maximum absolute atomic E-state index is 12.4. The van der Waals surface area contributed by atoms with E-state index in [1.807, 2.05) is 47.0 Å². The van der Waals surface area contributed by atoms with Gasteiger partial charge in [0.1, 0.15) is 5.60 Å². The second-order valence-corrected chi connectivity index (χ2v) is 8.00. The number of halogens is 1. The molecule has 1 aliphatic rings. The molecular formula is C18H25ClN2O3S. The Balaban J connectivity index is 2.21. The van der Waals surface area contributed by atoms with Crippen molar-refractivity contribution in [3.8, 4) is 5.75 Å². The van der Waals surface area contributed by atoms with Crippen LogP contribution in [0.2, 0.25) is 5.02 Å². The molecule has 0 aromatic heterocycles. The molecule has 1 amide bonds. The molecule has 0 radical (unpaired) electrons. The van der Waals surface area contributed by atoms with Crippen molar-refractivity contribution in [2.24, 2.45) is 0 Å². The van der Waals surface area contributed by atoms with Gasteiger partial charge in [-0.3, -0.25) is 0 Å². The standard InChI is InChI=1S/C18H25ClN2O3S/c1-18(2,3)24-16(22)21-10-8-12-6-7-14(19)15(13(12)9-11-21)23-17(25)20(4)5/h6-7H,8-11H2,1-5H3. The highest BCUT2D eigenvalue weighted by molar-refractivity contribution is 7.80.